The summed E-state index contributed by atoms with van der Waals surface area (Å²) < 4.78 is 54.3. The van der Waals surface area contributed by atoms with Crippen molar-refractivity contribution in [2.45, 2.75) is 19.6 Å². The second-order valence-electron chi connectivity index (χ2n) is 7.59. The second kappa shape index (κ2) is 8.56. The van der Waals surface area contributed by atoms with Gasteiger partial charge in [0.1, 0.15) is 17.3 Å². The molecule has 0 aliphatic rings. The maximum absolute atomic E-state index is 14.0. The Balaban J connectivity index is 1.87. The molecule has 0 aliphatic carbocycles. The third-order valence-electron chi connectivity index (χ3n) is 4.95. The Labute approximate surface area is 195 Å². The fraction of sp³-hybridized carbons (Fsp3) is 0.227. The Bertz CT molecular complexity index is 1520. The normalized spacial score (nSPS) is 11.7. The predicted octanol–water partition coefficient (Wildman–Crippen LogP) is 4.06. The zero-order valence-electron chi connectivity index (χ0n) is 18.2. The van der Waals surface area contributed by atoms with Gasteiger partial charge in [-0.15, -0.1) is 0 Å². The highest BCUT2D eigenvalue weighted by atomic mass is 35.5. The zero-order chi connectivity index (χ0) is 24.8. The van der Waals surface area contributed by atoms with Crippen molar-refractivity contribution in [3.8, 4) is 17.5 Å². The number of fused-ring (bicyclic) bond motifs is 1. The van der Waals surface area contributed by atoms with E-state index < -0.39 is 23.2 Å². The number of benzene rings is 2. The Hall–Kier alpha value is -3.73. The lowest BCUT2D eigenvalue weighted by Crippen LogP contribution is -2.37. The summed E-state index contributed by atoms with van der Waals surface area (Å²) in [4.78, 5) is 29.6. The average Bonchev–Trinajstić information content (AvgIpc) is 3.10. The van der Waals surface area contributed by atoms with Crippen molar-refractivity contribution in [1.82, 2.24) is 18.7 Å². The molecule has 8 nitrogen and oxygen atoms in total. The molecule has 2 aromatic heterocycles. The molecule has 4 aromatic rings. The number of halogens is 4. The molecule has 34 heavy (non-hydrogen) atoms. The summed E-state index contributed by atoms with van der Waals surface area (Å²) in [5.74, 6) is -0.727. The van der Waals surface area contributed by atoms with Crippen LogP contribution in [0.1, 0.15) is 12.5 Å². The van der Waals surface area contributed by atoms with Crippen LogP contribution in [0.25, 0.3) is 11.2 Å². The van der Waals surface area contributed by atoms with Gasteiger partial charge in [0.15, 0.2) is 11.2 Å². The molecule has 178 valence electrons. The Kier molecular flexibility index (Phi) is 5.90. The summed E-state index contributed by atoms with van der Waals surface area (Å²) in [6, 6.07) is 9.46. The Morgan fingerprint density at radius 3 is 2.44 bits per heavy atom. The molecule has 0 atom stereocenters. The van der Waals surface area contributed by atoms with E-state index in [1.54, 1.807) is 6.07 Å². The van der Waals surface area contributed by atoms with Crippen molar-refractivity contribution < 1.29 is 22.6 Å². The van der Waals surface area contributed by atoms with E-state index in [4.69, 9.17) is 16.3 Å². The minimum atomic E-state index is -3.41. The molecule has 12 heteroatoms. The second-order valence-corrected chi connectivity index (χ2v) is 8.00. The number of rotatable bonds is 6. The number of alkyl halides is 2. The number of hydrogen-bond acceptors (Lipinski definition) is 5. The maximum Gasteiger partial charge on any atom is 0.394 e. The van der Waals surface area contributed by atoms with E-state index >= 15 is 0 Å². The molecule has 0 saturated carbocycles. The summed E-state index contributed by atoms with van der Waals surface area (Å²) >= 11 is 5.77. The van der Waals surface area contributed by atoms with Crippen LogP contribution in [0.2, 0.25) is 5.02 Å². The minimum Gasteiger partial charge on any atom is -0.433 e. The van der Waals surface area contributed by atoms with Gasteiger partial charge in [0.2, 0.25) is 0 Å². The quantitative estimate of drug-likeness (QED) is 0.404. The highest BCUT2D eigenvalue weighted by Gasteiger charge is 2.24. The first kappa shape index (κ1) is 23.4. The molecule has 4 rings (SSSR count). The number of hydrogen-bond donors (Lipinski definition) is 0. The van der Waals surface area contributed by atoms with Crippen LogP contribution in [0.15, 0.2) is 52.1 Å². The maximum atomic E-state index is 14.0. The third kappa shape index (κ3) is 4.51. The summed E-state index contributed by atoms with van der Waals surface area (Å²) in [6.45, 7) is 0.540. The summed E-state index contributed by atoms with van der Waals surface area (Å²) in [5, 5.41) is -0.0708. The monoisotopic (exact) mass is 494 g/mol. The van der Waals surface area contributed by atoms with Gasteiger partial charge in [-0.25, -0.2) is 9.18 Å². The van der Waals surface area contributed by atoms with Gasteiger partial charge in [0, 0.05) is 27.1 Å². The lowest BCUT2D eigenvalue weighted by molar-refractivity contribution is -0.159. The van der Waals surface area contributed by atoms with Crippen molar-refractivity contribution in [3.05, 3.63) is 79.7 Å². The molecule has 0 radical (unpaired) electrons. The molecule has 0 saturated heterocycles. The van der Waals surface area contributed by atoms with E-state index in [1.807, 2.05) is 0 Å². The van der Waals surface area contributed by atoms with Gasteiger partial charge in [0.25, 0.3) is 5.56 Å². The number of nitrogens with zero attached hydrogens (tertiary/aromatic N) is 4. The van der Waals surface area contributed by atoms with E-state index in [-0.39, 0.29) is 40.2 Å². The van der Waals surface area contributed by atoms with Crippen LogP contribution in [-0.2, 0) is 20.6 Å². The standard InChI is InChI=1S/C22H18ClF3N4O4/c1-22(25,26)34-14-6-4-5-13(10-14)33-20-27-18-17(19(31)29(3)21(32)28(18)2)30(20)11-12-7-8-15(23)16(24)9-12/h4-10H,11H2,1-3H3. The van der Waals surface area contributed by atoms with Crippen LogP contribution < -0.4 is 20.7 Å². The molecule has 0 bridgehead atoms. The topological polar surface area (TPSA) is 80.3 Å². The van der Waals surface area contributed by atoms with Gasteiger partial charge in [0.05, 0.1) is 11.6 Å². The van der Waals surface area contributed by atoms with Crippen molar-refractivity contribution in [1.29, 1.82) is 0 Å². The molecule has 2 heterocycles. The molecule has 0 aliphatic heterocycles. The Morgan fingerprint density at radius 2 is 1.76 bits per heavy atom. The van der Waals surface area contributed by atoms with Crippen LogP contribution in [0.5, 0.6) is 17.5 Å². The molecule has 0 fully saturated rings. The molecule has 2 aromatic carbocycles. The van der Waals surface area contributed by atoms with Gasteiger partial charge in [-0.2, -0.15) is 13.8 Å². The molecule has 0 amide bonds. The molecule has 0 unspecified atom stereocenters. The highest BCUT2D eigenvalue weighted by molar-refractivity contribution is 6.30. The van der Waals surface area contributed by atoms with Crippen LogP contribution >= 0.6 is 11.6 Å². The van der Waals surface area contributed by atoms with Gasteiger partial charge < -0.3 is 9.47 Å². The number of aromatic nitrogens is 4. The van der Waals surface area contributed by atoms with Crippen LogP contribution in [0.4, 0.5) is 13.2 Å². The molecule has 0 N–H and O–H groups in total. The predicted molar refractivity (Wildman–Crippen MR) is 118 cm³/mol. The fourth-order valence-electron chi connectivity index (χ4n) is 3.39. The fourth-order valence-corrected chi connectivity index (χ4v) is 3.50. The van der Waals surface area contributed by atoms with Crippen LogP contribution in [0.3, 0.4) is 0 Å². The first-order chi connectivity index (χ1) is 15.9. The van der Waals surface area contributed by atoms with Crippen molar-refractivity contribution >= 4 is 22.8 Å². The lowest BCUT2D eigenvalue weighted by Gasteiger charge is -2.14. The summed E-state index contributed by atoms with van der Waals surface area (Å²) in [5.41, 5.74) is -0.749. The zero-order valence-corrected chi connectivity index (χ0v) is 18.9. The van der Waals surface area contributed by atoms with Gasteiger partial charge >= 0.3 is 17.8 Å². The average molecular weight is 495 g/mol. The third-order valence-corrected chi connectivity index (χ3v) is 5.26. The van der Waals surface area contributed by atoms with Crippen molar-refractivity contribution in [2.75, 3.05) is 0 Å². The van der Waals surface area contributed by atoms with E-state index in [9.17, 15) is 22.8 Å². The van der Waals surface area contributed by atoms with Crippen molar-refractivity contribution in [2.24, 2.45) is 14.1 Å². The minimum absolute atomic E-state index is 0.0301. The largest absolute Gasteiger partial charge is 0.433 e. The van der Waals surface area contributed by atoms with E-state index in [0.29, 0.717) is 12.5 Å². The Morgan fingerprint density at radius 1 is 1.06 bits per heavy atom. The van der Waals surface area contributed by atoms with Crippen LogP contribution in [0, 0.1) is 5.82 Å². The first-order valence-corrected chi connectivity index (χ1v) is 10.3. The van der Waals surface area contributed by atoms with Crippen molar-refractivity contribution in [3.63, 3.8) is 0 Å². The smallest absolute Gasteiger partial charge is 0.394 e. The van der Waals surface area contributed by atoms with Crippen LogP contribution in [-0.4, -0.2) is 24.8 Å². The molecule has 0 spiro atoms. The molecular formula is C22H18ClF3N4O4. The van der Waals surface area contributed by atoms with Gasteiger partial charge in [-0.1, -0.05) is 23.7 Å². The van der Waals surface area contributed by atoms with E-state index in [1.165, 1.54) is 59.6 Å². The van der Waals surface area contributed by atoms with E-state index in [2.05, 4.69) is 9.72 Å². The lowest BCUT2D eigenvalue weighted by atomic mass is 10.2. The van der Waals surface area contributed by atoms with Gasteiger partial charge in [-0.05, 0) is 29.8 Å². The number of aryl methyl sites for hydroxylation is 1. The SMILES string of the molecule is Cn1c(=O)c2c(nc(Oc3cccc(OC(C)(F)F)c3)n2Cc2ccc(Cl)c(F)c2)n(C)c1=O. The van der Waals surface area contributed by atoms with Gasteiger partial charge in [-0.3, -0.25) is 18.5 Å². The first-order valence-electron chi connectivity index (χ1n) is 9.89. The summed E-state index contributed by atoms with van der Waals surface area (Å²) in [6.07, 6.45) is -3.41. The number of ether oxygens (including phenoxy) is 2. The highest BCUT2D eigenvalue weighted by Crippen LogP contribution is 2.30. The number of imidazole rings is 1. The summed E-state index contributed by atoms with van der Waals surface area (Å²) in [7, 11) is 2.75. The molecular weight excluding hydrogens is 477 g/mol. The van der Waals surface area contributed by atoms with E-state index in [0.717, 1.165) is 4.57 Å².